The molecule has 1 aromatic heterocycles. The van der Waals surface area contributed by atoms with Crippen LogP contribution in [0.25, 0.3) is 10.9 Å². The molecule has 7 nitrogen and oxygen atoms in total. The highest BCUT2D eigenvalue weighted by molar-refractivity contribution is 5.77. The van der Waals surface area contributed by atoms with Crippen molar-refractivity contribution in [1.82, 2.24) is 25.2 Å². The Hall–Kier alpha value is -3.06. The van der Waals surface area contributed by atoms with E-state index in [9.17, 15) is 9.59 Å². The molecule has 2 aromatic carbocycles. The Balaban J connectivity index is 1.38. The fourth-order valence-corrected chi connectivity index (χ4v) is 3.86. The van der Waals surface area contributed by atoms with Gasteiger partial charge in [-0.3, -0.25) is 14.5 Å². The zero-order valence-corrected chi connectivity index (χ0v) is 16.3. The van der Waals surface area contributed by atoms with Crippen molar-refractivity contribution in [2.24, 2.45) is 0 Å². The van der Waals surface area contributed by atoms with Gasteiger partial charge in [-0.05, 0) is 43.6 Å². The largest absolute Gasteiger partial charge is 0.354 e. The number of benzene rings is 2. The summed E-state index contributed by atoms with van der Waals surface area (Å²) in [7, 11) is 0. The minimum Gasteiger partial charge on any atom is -0.354 e. The molecule has 0 spiro atoms. The van der Waals surface area contributed by atoms with E-state index in [0.717, 1.165) is 13.1 Å². The van der Waals surface area contributed by atoms with E-state index in [2.05, 4.69) is 32.7 Å². The molecule has 1 aliphatic heterocycles. The molecule has 0 saturated carbocycles. The predicted octanol–water partition coefficient (Wildman–Crippen LogP) is 2.13. The number of hydrogen-bond acceptors (Lipinski definition) is 5. The van der Waals surface area contributed by atoms with Crippen molar-refractivity contribution in [3.8, 4) is 0 Å². The van der Waals surface area contributed by atoms with Gasteiger partial charge in [-0.2, -0.15) is 0 Å². The molecule has 4 rings (SSSR count). The average molecular weight is 391 g/mol. The monoisotopic (exact) mass is 391 g/mol. The minimum atomic E-state index is -0.220. The molecule has 1 aliphatic rings. The van der Waals surface area contributed by atoms with Crippen molar-refractivity contribution in [3.63, 3.8) is 0 Å². The highest BCUT2D eigenvalue weighted by atomic mass is 16.2. The van der Waals surface area contributed by atoms with Crippen LogP contribution in [-0.4, -0.2) is 45.4 Å². The second-order valence-electron chi connectivity index (χ2n) is 7.36. The Bertz CT molecular complexity index is 1030. The van der Waals surface area contributed by atoms with Gasteiger partial charge in [-0.1, -0.05) is 47.7 Å². The summed E-state index contributed by atoms with van der Waals surface area (Å²) < 4.78 is 1.26. The van der Waals surface area contributed by atoms with E-state index in [-0.39, 0.29) is 30.5 Å². The standard InChI is InChI=1S/C22H25N5O2/c28-21(12-15-27-22(29)18-10-4-5-11-19(18)24-25-27)23-16-20(26-13-6-7-14-26)17-8-2-1-3-9-17/h1-5,8-11,20H,6-7,12-16H2,(H,23,28). The Kier molecular flexibility index (Phi) is 5.95. The van der Waals surface area contributed by atoms with E-state index in [0.29, 0.717) is 17.4 Å². The Morgan fingerprint density at radius 3 is 2.55 bits per heavy atom. The first-order valence-corrected chi connectivity index (χ1v) is 10.1. The maximum absolute atomic E-state index is 12.5. The lowest BCUT2D eigenvalue weighted by Crippen LogP contribution is -2.37. The molecule has 29 heavy (non-hydrogen) atoms. The fraction of sp³-hybridized carbons (Fsp3) is 0.364. The molecule has 1 N–H and O–H groups in total. The number of fused-ring (bicyclic) bond motifs is 1. The first-order chi connectivity index (χ1) is 14.2. The Labute approximate surface area is 169 Å². The van der Waals surface area contributed by atoms with Crippen LogP contribution in [0, 0.1) is 0 Å². The Morgan fingerprint density at radius 2 is 1.76 bits per heavy atom. The Morgan fingerprint density at radius 1 is 1.03 bits per heavy atom. The topological polar surface area (TPSA) is 80.1 Å². The van der Waals surface area contributed by atoms with E-state index in [4.69, 9.17) is 0 Å². The van der Waals surface area contributed by atoms with Gasteiger partial charge in [0.2, 0.25) is 5.91 Å². The summed E-state index contributed by atoms with van der Waals surface area (Å²) in [6.07, 6.45) is 2.58. The minimum absolute atomic E-state index is 0.0908. The number of aryl methyl sites for hydroxylation is 1. The van der Waals surface area contributed by atoms with Crippen molar-refractivity contribution < 1.29 is 4.79 Å². The number of rotatable bonds is 7. The van der Waals surface area contributed by atoms with Gasteiger partial charge < -0.3 is 5.32 Å². The van der Waals surface area contributed by atoms with Crippen LogP contribution in [0.1, 0.15) is 30.9 Å². The van der Waals surface area contributed by atoms with Gasteiger partial charge in [-0.15, -0.1) is 5.10 Å². The van der Waals surface area contributed by atoms with Crippen LogP contribution in [-0.2, 0) is 11.3 Å². The van der Waals surface area contributed by atoms with Gasteiger partial charge >= 0.3 is 0 Å². The first kappa shape index (κ1) is 19.3. The summed E-state index contributed by atoms with van der Waals surface area (Å²) in [6, 6.07) is 17.6. The molecule has 3 aromatic rings. The van der Waals surface area contributed by atoms with Gasteiger partial charge in [-0.25, -0.2) is 4.68 Å². The second-order valence-corrected chi connectivity index (χ2v) is 7.36. The van der Waals surface area contributed by atoms with Crippen LogP contribution in [0.5, 0.6) is 0 Å². The lowest BCUT2D eigenvalue weighted by atomic mass is 10.1. The van der Waals surface area contributed by atoms with Crippen LogP contribution in [0.2, 0.25) is 0 Å². The van der Waals surface area contributed by atoms with Crippen molar-refractivity contribution in [2.45, 2.75) is 31.8 Å². The third-order valence-electron chi connectivity index (χ3n) is 5.44. The van der Waals surface area contributed by atoms with Crippen LogP contribution in [0.4, 0.5) is 0 Å². The molecule has 0 bridgehead atoms. The van der Waals surface area contributed by atoms with E-state index in [1.54, 1.807) is 18.2 Å². The third-order valence-corrected chi connectivity index (χ3v) is 5.44. The molecule has 7 heteroatoms. The highest BCUT2D eigenvalue weighted by Crippen LogP contribution is 2.24. The molecular weight excluding hydrogens is 366 g/mol. The molecular formula is C22H25N5O2. The molecule has 0 radical (unpaired) electrons. The summed E-state index contributed by atoms with van der Waals surface area (Å²) in [4.78, 5) is 27.4. The maximum atomic E-state index is 12.5. The van der Waals surface area contributed by atoms with Gasteiger partial charge in [0.05, 0.1) is 18.0 Å². The van der Waals surface area contributed by atoms with Crippen molar-refractivity contribution in [1.29, 1.82) is 0 Å². The van der Waals surface area contributed by atoms with Gasteiger partial charge in [0.1, 0.15) is 5.52 Å². The number of hydrogen-bond donors (Lipinski definition) is 1. The molecule has 2 heterocycles. The molecule has 0 aliphatic carbocycles. The number of nitrogens with one attached hydrogen (secondary N) is 1. The summed E-state index contributed by atoms with van der Waals surface area (Å²) in [6.45, 7) is 2.87. The van der Waals surface area contributed by atoms with Crippen LogP contribution >= 0.6 is 0 Å². The van der Waals surface area contributed by atoms with Crippen LogP contribution < -0.4 is 10.9 Å². The zero-order chi connectivity index (χ0) is 20.1. The zero-order valence-electron chi connectivity index (χ0n) is 16.3. The van der Waals surface area contributed by atoms with Crippen molar-refractivity contribution >= 4 is 16.8 Å². The molecule has 1 amide bonds. The summed E-state index contributed by atoms with van der Waals surface area (Å²) in [5.41, 5.74) is 1.56. The number of carbonyl (C=O) groups excluding carboxylic acids is 1. The number of nitrogens with zero attached hydrogens (tertiary/aromatic N) is 4. The quantitative estimate of drug-likeness (QED) is 0.667. The molecule has 1 fully saturated rings. The molecule has 1 atom stereocenters. The smallest absolute Gasteiger partial charge is 0.277 e. The average Bonchev–Trinajstić information content (AvgIpc) is 3.29. The normalized spacial score (nSPS) is 15.4. The number of amides is 1. The van der Waals surface area contributed by atoms with E-state index >= 15 is 0 Å². The summed E-state index contributed by atoms with van der Waals surface area (Å²) >= 11 is 0. The molecule has 1 unspecified atom stereocenters. The lowest BCUT2D eigenvalue weighted by molar-refractivity contribution is -0.121. The summed E-state index contributed by atoms with van der Waals surface area (Å²) in [5.74, 6) is -0.0908. The van der Waals surface area contributed by atoms with Crippen molar-refractivity contribution in [3.05, 3.63) is 70.5 Å². The highest BCUT2D eigenvalue weighted by Gasteiger charge is 2.23. The van der Waals surface area contributed by atoms with E-state index in [1.807, 2.05) is 24.3 Å². The van der Waals surface area contributed by atoms with E-state index in [1.165, 1.54) is 23.1 Å². The van der Waals surface area contributed by atoms with Gasteiger partial charge in [0.15, 0.2) is 0 Å². The second kappa shape index (κ2) is 8.96. The number of aromatic nitrogens is 3. The number of likely N-dealkylation sites (tertiary alicyclic amines) is 1. The molecule has 150 valence electrons. The number of carbonyl (C=O) groups is 1. The SMILES string of the molecule is O=C(CCn1nnc2ccccc2c1=O)NCC(c1ccccc1)N1CCCC1. The van der Waals surface area contributed by atoms with E-state index < -0.39 is 0 Å². The van der Waals surface area contributed by atoms with Gasteiger partial charge in [0, 0.05) is 13.0 Å². The van der Waals surface area contributed by atoms with Crippen LogP contribution in [0.15, 0.2) is 59.4 Å². The maximum Gasteiger partial charge on any atom is 0.277 e. The molecule has 1 saturated heterocycles. The summed E-state index contributed by atoms with van der Waals surface area (Å²) in [5, 5.41) is 11.6. The van der Waals surface area contributed by atoms with Crippen LogP contribution in [0.3, 0.4) is 0 Å². The first-order valence-electron chi connectivity index (χ1n) is 10.1. The fourth-order valence-electron chi connectivity index (χ4n) is 3.86. The third kappa shape index (κ3) is 4.51. The van der Waals surface area contributed by atoms with Gasteiger partial charge in [0.25, 0.3) is 5.56 Å². The predicted molar refractivity (Wildman–Crippen MR) is 111 cm³/mol. The lowest BCUT2D eigenvalue weighted by Gasteiger charge is -2.28. The van der Waals surface area contributed by atoms with Crippen molar-refractivity contribution in [2.75, 3.05) is 19.6 Å².